The lowest BCUT2D eigenvalue weighted by Gasteiger charge is -2.03. The fourth-order valence-electron chi connectivity index (χ4n) is 2.36. The first-order chi connectivity index (χ1) is 12.6. The second-order valence-corrected chi connectivity index (χ2v) is 6.71. The highest BCUT2D eigenvalue weighted by atomic mass is 35.5. The van der Waals surface area contributed by atoms with E-state index in [1.165, 1.54) is 11.3 Å². The summed E-state index contributed by atoms with van der Waals surface area (Å²) in [5.74, 6) is 1.01. The van der Waals surface area contributed by atoms with Gasteiger partial charge in [0.25, 0.3) is 5.91 Å². The molecule has 0 unspecified atom stereocenters. The molecule has 1 amide bonds. The average Bonchev–Trinajstić information content (AvgIpc) is 3.22. The summed E-state index contributed by atoms with van der Waals surface area (Å²) in [6.07, 6.45) is 0. The predicted octanol–water partition coefficient (Wildman–Crippen LogP) is 3.77. The molecule has 0 aliphatic carbocycles. The Hall–Kier alpha value is -2.97. The Morgan fingerprint density at radius 2 is 1.85 bits per heavy atom. The number of rotatable bonds is 4. The van der Waals surface area contributed by atoms with Crippen molar-refractivity contribution < 1.29 is 9.53 Å². The third kappa shape index (κ3) is 3.12. The monoisotopic (exact) mass is 385 g/mol. The molecule has 1 N–H and O–H groups in total. The van der Waals surface area contributed by atoms with Crippen molar-refractivity contribution in [2.75, 3.05) is 12.4 Å². The van der Waals surface area contributed by atoms with E-state index in [1.54, 1.807) is 48.0 Å². The quantitative estimate of drug-likeness (QED) is 0.578. The van der Waals surface area contributed by atoms with Crippen molar-refractivity contribution in [1.29, 1.82) is 0 Å². The van der Waals surface area contributed by atoms with E-state index in [0.717, 1.165) is 5.56 Å². The van der Waals surface area contributed by atoms with Gasteiger partial charge < -0.3 is 4.74 Å². The molecule has 0 spiro atoms. The fourth-order valence-corrected chi connectivity index (χ4v) is 3.22. The van der Waals surface area contributed by atoms with Crippen LogP contribution in [-0.2, 0) is 0 Å². The van der Waals surface area contributed by atoms with Gasteiger partial charge in [-0.3, -0.25) is 10.1 Å². The molecule has 0 fully saturated rings. The minimum Gasteiger partial charge on any atom is -0.497 e. The molecule has 7 nitrogen and oxygen atoms in total. The predicted molar refractivity (Wildman–Crippen MR) is 100 cm³/mol. The summed E-state index contributed by atoms with van der Waals surface area (Å²) in [4.78, 5) is 12.9. The summed E-state index contributed by atoms with van der Waals surface area (Å²) in [6, 6.07) is 14.1. The number of hydrogen-bond donors (Lipinski definition) is 1. The van der Waals surface area contributed by atoms with Gasteiger partial charge in [0.1, 0.15) is 5.75 Å². The van der Waals surface area contributed by atoms with Crippen LogP contribution in [0, 0.1) is 0 Å². The van der Waals surface area contributed by atoms with E-state index in [4.69, 9.17) is 16.3 Å². The first-order valence-corrected chi connectivity index (χ1v) is 8.77. The van der Waals surface area contributed by atoms with Crippen LogP contribution in [0.25, 0.3) is 16.3 Å². The number of carbonyl (C=O) groups excluding carboxylic acids is 1. The third-order valence-electron chi connectivity index (χ3n) is 3.67. The number of aromatic nitrogens is 4. The molecule has 9 heteroatoms. The zero-order valence-corrected chi connectivity index (χ0v) is 15.1. The summed E-state index contributed by atoms with van der Waals surface area (Å²) in [7, 11) is 1.58. The van der Waals surface area contributed by atoms with Crippen LogP contribution in [0.15, 0.2) is 48.5 Å². The molecule has 0 aliphatic heterocycles. The van der Waals surface area contributed by atoms with Crippen LogP contribution in [0.4, 0.5) is 5.13 Å². The van der Waals surface area contributed by atoms with Crippen molar-refractivity contribution in [2.45, 2.75) is 0 Å². The van der Waals surface area contributed by atoms with Crippen LogP contribution in [0.5, 0.6) is 5.75 Å². The Morgan fingerprint density at radius 1 is 1.12 bits per heavy atom. The van der Waals surface area contributed by atoms with Crippen LogP contribution >= 0.6 is 22.9 Å². The second-order valence-electron chi connectivity index (χ2n) is 5.31. The zero-order chi connectivity index (χ0) is 18.1. The maximum Gasteiger partial charge on any atom is 0.257 e. The number of nitrogens with one attached hydrogen (secondary N) is 1. The van der Waals surface area contributed by atoms with E-state index in [2.05, 4.69) is 20.6 Å². The molecule has 0 aliphatic rings. The summed E-state index contributed by atoms with van der Waals surface area (Å²) < 4.78 is 6.69. The SMILES string of the molecule is COc1ccc(C(=O)Nc2nn3c(-c4ccc(Cl)cc4)nnc3s2)cc1. The maximum atomic E-state index is 12.4. The molecule has 0 bridgehead atoms. The first-order valence-electron chi connectivity index (χ1n) is 7.57. The normalized spacial score (nSPS) is 10.8. The molecule has 0 saturated carbocycles. The second kappa shape index (κ2) is 6.74. The third-order valence-corrected chi connectivity index (χ3v) is 4.73. The van der Waals surface area contributed by atoms with E-state index in [9.17, 15) is 4.79 Å². The molecule has 130 valence electrons. The molecule has 4 rings (SSSR count). The van der Waals surface area contributed by atoms with Gasteiger partial charge >= 0.3 is 0 Å². The van der Waals surface area contributed by atoms with E-state index in [-0.39, 0.29) is 5.91 Å². The summed E-state index contributed by atoms with van der Waals surface area (Å²) in [6.45, 7) is 0. The van der Waals surface area contributed by atoms with Crippen molar-refractivity contribution >= 4 is 38.9 Å². The highest BCUT2D eigenvalue weighted by Crippen LogP contribution is 2.25. The van der Waals surface area contributed by atoms with Crippen molar-refractivity contribution in [2.24, 2.45) is 0 Å². The topological polar surface area (TPSA) is 81.4 Å². The standard InChI is InChI=1S/C17H12ClN5O2S/c1-25-13-8-4-11(5-9-13)15(24)19-16-22-23-14(20-21-17(23)26-16)10-2-6-12(18)7-3-10/h2-9H,1H3,(H,19,22,24). The number of anilines is 1. The van der Waals surface area contributed by atoms with Gasteiger partial charge in [0.2, 0.25) is 10.1 Å². The number of fused-ring (bicyclic) bond motifs is 1. The minimum atomic E-state index is -0.259. The number of halogens is 1. The van der Waals surface area contributed by atoms with Crippen molar-refractivity contribution in [1.82, 2.24) is 19.8 Å². The number of amides is 1. The van der Waals surface area contributed by atoms with E-state index >= 15 is 0 Å². The smallest absolute Gasteiger partial charge is 0.257 e. The van der Waals surface area contributed by atoms with Crippen molar-refractivity contribution in [3.8, 4) is 17.1 Å². The Balaban J connectivity index is 1.59. The fraction of sp³-hybridized carbons (Fsp3) is 0.0588. The summed E-state index contributed by atoms with van der Waals surface area (Å²) >= 11 is 7.16. The maximum absolute atomic E-state index is 12.4. The van der Waals surface area contributed by atoms with Gasteiger partial charge in [-0.05, 0) is 48.5 Å². The van der Waals surface area contributed by atoms with Gasteiger partial charge in [0.15, 0.2) is 5.82 Å². The highest BCUT2D eigenvalue weighted by molar-refractivity contribution is 7.20. The van der Waals surface area contributed by atoms with E-state index in [1.807, 2.05) is 12.1 Å². The van der Waals surface area contributed by atoms with E-state index < -0.39 is 0 Å². The Morgan fingerprint density at radius 3 is 2.54 bits per heavy atom. The Kier molecular flexibility index (Phi) is 4.27. The number of carbonyl (C=O) groups is 1. The Labute approximate surface area is 157 Å². The van der Waals surface area contributed by atoms with E-state index in [0.29, 0.717) is 32.3 Å². The molecule has 0 radical (unpaired) electrons. The summed E-state index contributed by atoms with van der Waals surface area (Å²) in [5.41, 5.74) is 1.34. The van der Waals surface area contributed by atoms with Gasteiger partial charge in [0, 0.05) is 16.1 Å². The molecule has 2 aromatic heterocycles. The molecule has 4 aromatic rings. The number of ether oxygens (including phenoxy) is 1. The van der Waals surface area contributed by atoms with Crippen LogP contribution < -0.4 is 10.1 Å². The molecule has 2 heterocycles. The van der Waals surface area contributed by atoms with Crippen molar-refractivity contribution in [3.63, 3.8) is 0 Å². The molecular weight excluding hydrogens is 374 g/mol. The number of benzene rings is 2. The molecule has 2 aromatic carbocycles. The largest absolute Gasteiger partial charge is 0.497 e. The minimum absolute atomic E-state index is 0.259. The van der Waals surface area contributed by atoms with Crippen LogP contribution in [-0.4, -0.2) is 32.8 Å². The Bertz CT molecular complexity index is 1070. The molecule has 0 saturated heterocycles. The van der Waals surface area contributed by atoms with Crippen molar-refractivity contribution in [3.05, 3.63) is 59.1 Å². The van der Waals surface area contributed by atoms with Crippen LogP contribution in [0.2, 0.25) is 5.02 Å². The number of nitrogens with zero attached hydrogens (tertiary/aromatic N) is 4. The zero-order valence-electron chi connectivity index (χ0n) is 13.5. The average molecular weight is 386 g/mol. The highest BCUT2D eigenvalue weighted by Gasteiger charge is 2.15. The molecular formula is C17H12ClN5O2S. The molecule has 26 heavy (non-hydrogen) atoms. The molecule has 0 atom stereocenters. The number of hydrogen-bond acceptors (Lipinski definition) is 6. The summed E-state index contributed by atoms with van der Waals surface area (Å²) in [5, 5.41) is 16.5. The number of methoxy groups -OCH3 is 1. The van der Waals surface area contributed by atoms with Gasteiger partial charge in [-0.25, -0.2) is 0 Å². The lowest BCUT2D eigenvalue weighted by molar-refractivity contribution is 0.102. The van der Waals surface area contributed by atoms with Crippen LogP contribution in [0.1, 0.15) is 10.4 Å². The lowest BCUT2D eigenvalue weighted by atomic mass is 10.2. The van der Waals surface area contributed by atoms with Gasteiger partial charge in [0.05, 0.1) is 7.11 Å². The lowest BCUT2D eigenvalue weighted by Crippen LogP contribution is -2.11. The van der Waals surface area contributed by atoms with Gasteiger partial charge in [-0.1, -0.05) is 22.9 Å². The van der Waals surface area contributed by atoms with Gasteiger partial charge in [-0.2, -0.15) is 4.52 Å². The first kappa shape index (κ1) is 16.5. The van der Waals surface area contributed by atoms with Gasteiger partial charge in [-0.15, -0.1) is 15.3 Å². The van der Waals surface area contributed by atoms with Crippen LogP contribution in [0.3, 0.4) is 0 Å².